The predicted molar refractivity (Wildman–Crippen MR) is 91.3 cm³/mol. The normalized spacial score (nSPS) is 11.1. The van der Waals surface area contributed by atoms with Gasteiger partial charge in [0.1, 0.15) is 0 Å². The summed E-state index contributed by atoms with van der Waals surface area (Å²) in [6, 6.07) is 7.70. The molecule has 2 aromatic heterocycles. The second kappa shape index (κ2) is 6.29. The summed E-state index contributed by atoms with van der Waals surface area (Å²) < 4.78 is 1.63. The van der Waals surface area contributed by atoms with Crippen LogP contribution in [0.1, 0.15) is 34.2 Å². The number of thioether (sulfide) groups is 1. The van der Waals surface area contributed by atoms with E-state index in [0.29, 0.717) is 27.2 Å². The first kappa shape index (κ1) is 16.0. The lowest BCUT2D eigenvalue weighted by Gasteiger charge is -2.06. The molecule has 0 aliphatic carbocycles. The number of carbonyl (C=O) groups excluding carboxylic acids is 1. The molecule has 0 spiro atoms. The number of rotatable bonds is 4. The van der Waals surface area contributed by atoms with Gasteiger partial charge in [0.05, 0.1) is 17.0 Å². The number of nitrogens with zero attached hydrogens (tertiary/aromatic N) is 4. The molecule has 0 saturated heterocycles. The molecule has 1 aromatic carbocycles. The van der Waals surface area contributed by atoms with E-state index in [4.69, 9.17) is 11.6 Å². The van der Waals surface area contributed by atoms with E-state index < -0.39 is 0 Å². The van der Waals surface area contributed by atoms with Gasteiger partial charge in [0.25, 0.3) is 5.78 Å². The summed E-state index contributed by atoms with van der Waals surface area (Å²) in [4.78, 5) is 20.6. The van der Waals surface area contributed by atoms with Gasteiger partial charge < -0.3 is 0 Å². The Hall–Kier alpha value is -1.92. The zero-order chi connectivity index (χ0) is 16.6. The topological polar surface area (TPSA) is 60.2 Å². The average Bonchev–Trinajstić information content (AvgIpc) is 2.88. The van der Waals surface area contributed by atoms with Gasteiger partial charge in [-0.3, -0.25) is 4.79 Å². The van der Waals surface area contributed by atoms with Crippen molar-refractivity contribution in [3.05, 3.63) is 51.8 Å². The average molecular weight is 347 g/mol. The van der Waals surface area contributed by atoms with E-state index in [-0.39, 0.29) is 5.78 Å². The van der Waals surface area contributed by atoms with Crippen LogP contribution in [0.3, 0.4) is 0 Å². The van der Waals surface area contributed by atoms with Gasteiger partial charge in [-0.25, -0.2) is 4.98 Å². The molecular weight excluding hydrogens is 332 g/mol. The molecule has 118 valence electrons. The number of aryl methyl sites for hydroxylation is 2. The number of hydrogen-bond donors (Lipinski definition) is 0. The maximum atomic E-state index is 11.8. The molecular formula is C16H15ClN4OS. The van der Waals surface area contributed by atoms with Gasteiger partial charge in [0, 0.05) is 10.8 Å². The number of fused-ring (bicyclic) bond motifs is 1. The van der Waals surface area contributed by atoms with Crippen molar-refractivity contribution in [3.63, 3.8) is 0 Å². The van der Waals surface area contributed by atoms with Gasteiger partial charge >= 0.3 is 0 Å². The molecule has 3 aromatic rings. The van der Waals surface area contributed by atoms with E-state index in [9.17, 15) is 4.79 Å². The van der Waals surface area contributed by atoms with Gasteiger partial charge in [0.15, 0.2) is 5.78 Å². The van der Waals surface area contributed by atoms with Crippen LogP contribution in [-0.4, -0.2) is 25.4 Å². The molecule has 0 saturated carbocycles. The maximum Gasteiger partial charge on any atom is 0.253 e. The van der Waals surface area contributed by atoms with Gasteiger partial charge in [-0.1, -0.05) is 35.5 Å². The Morgan fingerprint density at radius 3 is 2.78 bits per heavy atom. The predicted octanol–water partition coefficient (Wildman–Crippen LogP) is 3.89. The third-order valence-electron chi connectivity index (χ3n) is 3.49. The largest absolute Gasteiger partial charge is 0.294 e. The van der Waals surface area contributed by atoms with Crippen molar-refractivity contribution in [1.29, 1.82) is 0 Å². The fourth-order valence-corrected chi connectivity index (χ4v) is 3.48. The van der Waals surface area contributed by atoms with Crippen molar-refractivity contribution >= 4 is 34.9 Å². The third-order valence-corrected chi connectivity index (χ3v) is 4.63. The fourth-order valence-electron chi connectivity index (χ4n) is 2.50. The molecule has 0 atom stereocenters. The zero-order valence-corrected chi connectivity index (χ0v) is 14.6. The Morgan fingerprint density at radius 1 is 1.30 bits per heavy atom. The van der Waals surface area contributed by atoms with Crippen molar-refractivity contribution in [2.45, 2.75) is 31.7 Å². The monoisotopic (exact) mass is 346 g/mol. The quantitative estimate of drug-likeness (QED) is 0.530. The Balaban J connectivity index is 1.91. The van der Waals surface area contributed by atoms with Crippen LogP contribution in [0.5, 0.6) is 0 Å². The van der Waals surface area contributed by atoms with Gasteiger partial charge in [-0.2, -0.15) is 9.50 Å². The molecule has 0 amide bonds. The second-order valence-electron chi connectivity index (χ2n) is 5.24. The van der Waals surface area contributed by atoms with Crippen LogP contribution >= 0.6 is 23.4 Å². The van der Waals surface area contributed by atoms with Gasteiger partial charge in [-0.15, -0.1) is 5.10 Å². The summed E-state index contributed by atoms with van der Waals surface area (Å²) in [5.41, 5.74) is 3.16. The highest BCUT2D eigenvalue weighted by Gasteiger charge is 2.16. The second-order valence-corrected chi connectivity index (χ2v) is 6.62. The smallest absolute Gasteiger partial charge is 0.253 e. The Kier molecular flexibility index (Phi) is 4.37. The Morgan fingerprint density at radius 2 is 2.09 bits per heavy atom. The SMILES string of the molecule is CC(=O)c1c(C)nc2nc(SCc3cccc(Cl)c3)nn2c1C. The van der Waals surface area contributed by atoms with Crippen LogP contribution in [0, 0.1) is 13.8 Å². The van der Waals surface area contributed by atoms with Crippen LogP contribution in [-0.2, 0) is 5.75 Å². The molecule has 3 rings (SSSR count). The highest BCUT2D eigenvalue weighted by atomic mass is 35.5. The molecule has 23 heavy (non-hydrogen) atoms. The van der Waals surface area contributed by atoms with Crippen molar-refractivity contribution in [3.8, 4) is 0 Å². The lowest BCUT2D eigenvalue weighted by molar-refractivity contribution is 0.101. The van der Waals surface area contributed by atoms with Gasteiger partial charge in [0.2, 0.25) is 5.16 Å². The number of benzene rings is 1. The van der Waals surface area contributed by atoms with Crippen molar-refractivity contribution in [2.24, 2.45) is 0 Å². The number of aromatic nitrogens is 4. The van der Waals surface area contributed by atoms with Crippen LogP contribution in [0.4, 0.5) is 0 Å². The first-order valence-electron chi connectivity index (χ1n) is 7.08. The van der Waals surface area contributed by atoms with Gasteiger partial charge in [-0.05, 0) is 38.5 Å². The summed E-state index contributed by atoms with van der Waals surface area (Å²) in [5.74, 6) is 1.21. The highest BCUT2D eigenvalue weighted by Crippen LogP contribution is 2.23. The third kappa shape index (κ3) is 3.23. The molecule has 0 aliphatic rings. The first-order chi connectivity index (χ1) is 11.0. The minimum Gasteiger partial charge on any atom is -0.294 e. The maximum absolute atomic E-state index is 11.8. The molecule has 0 radical (unpaired) electrons. The first-order valence-corrected chi connectivity index (χ1v) is 8.44. The molecule has 5 nitrogen and oxygen atoms in total. The number of ketones is 1. The van der Waals surface area contributed by atoms with Crippen molar-refractivity contribution in [2.75, 3.05) is 0 Å². The number of hydrogen-bond acceptors (Lipinski definition) is 5. The summed E-state index contributed by atoms with van der Waals surface area (Å²) in [6.07, 6.45) is 0. The van der Waals surface area contributed by atoms with E-state index in [1.54, 1.807) is 4.52 Å². The number of Topliss-reactive ketones (excluding diaryl/α,β-unsaturated/α-hetero) is 1. The summed E-state index contributed by atoms with van der Waals surface area (Å²) >= 11 is 7.50. The van der Waals surface area contributed by atoms with Crippen LogP contribution in [0.15, 0.2) is 29.4 Å². The van der Waals surface area contributed by atoms with Crippen LogP contribution in [0.25, 0.3) is 5.78 Å². The fraction of sp³-hybridized carbons (Fsp3) is 0.250. The molecule has 0 bridgehead atoms. The van der Waals surface area contributed by atoms with Crippen molar-refractivity contribution in [1.82, 2.24) is 19.6 Å². The van der Waals surface area contributed by atoms with E-state index in [2.05, 4.69) is 15.1 Å². The molecule has 0 unspecified atom stereocenters. The molecule has 7 heteroatoms. The van der Waals surface area contributed by atoms with E-state index in [0.717, 1.165) is 17.0 Å². The van der Waals surface area contributed by atoms with Crippen LogP contribution in [0.2, 0.25) is 5.02 Å². The molecule has 0 aliphatic heterocycles. The summed E-state index contributed by atoms with van der Waals surface area (Å²) in [5, 5.41) is 5.79. The van der Waals surface area contributed by atoms with E-state index in [1.807, 2.05) is 38.1 Å². The Labute approximate surface area is 143 Å². The molecule has 0 N–H and O–H groups in total. The summed E-state index contributed by atoms with van der Waals surface area (Å²) in [6.45, 7) is 5.21. The van der Waals surface area contributed by atoms with E-state index >= 15 is 0 Å². The molecule has 2 heterocycles. The zero-order valence-electron chi connectivity index (χ0n) is 13.0. The van der Waals surface area contributed by atoms with Crippen molar-refractivity contribution < 1.29 is 4.79 Å². The number of carbonyl (C=O) groups is 1. The van der Waals surface area contributed by atoms with Crippen LogP contribution < -0.4 is 0 Å². The minimum atomic E-state index is -0.0157. The van der Waals surface area contributed by atoms with E-state index in [1.165, 1.54) is 18.7 Å². The lowest BCUT2D eigenvalue weighted by atomic mass is 10.1. The minimum absolute atomic E-state index is 0.0157. The highest BCUT2D eigenvalue weighted by molar-refractivity contribution is 7.98. The molecule has 0 fully saturated rings. The number of halogens is 1. The summed E-state index contributed by atoms with van der Waals surface area (Å²) in [7, 11) is 0. The lowest BCUT2D eigenvalue weighted by Crippen LogP contribution is -2.09. The standard InChI is InChI=1S/C16H15ClN4OS/c1-9-14(11(3)22)10(2)21-15(18-9)19-16(20-21)23-8-12-5-4-6-13(17)7-12/h4-7H,8H2,1-3H3. The Bertz CT molecular complexity index is 906.